The number of benzene rings is 2. The molecule has 0 radical (unpaired) electrons. The highest BCUT2D eigenvalue weighted by Gasteiger charge is 2.18. The highest BCUT2D eigenvalue weighted by Crippen LogP contribution is 2.28. The summed E-state index contributed by atoms with van der Waals surface area (Å²) in [5, 5.41) is 0. The molecule has 0 saturated heterocycles. The van der Waals surface area contributed by atoms with Crippen molar-refractivity contribution in [3.63, 3.8) is 0 Å². The van der Waals surface area contributed by atoms with Crippen molar-refractivity contribution < 1.29 is 9.13 Å². The predicted octanol–water partition coefficient (Wildman–Crippen LogP) is 4.22. The van der Waals surface area contributed by atoms with E-state index >= 15 is 0 Å². The number of imidazole rings is 1. The zero-order valence-corrected chi connectivity index (χ0v) is 19.7. The molecule has 4 aromatic rings. The topological polar surface area (TPSA) is 94.3 Å². The summed E-state index contributed by atoms with van der Waals surface area (Å²) < 4.78 is 22.1. The molecule has 0 aliphatic carbocycles. The van der Waals surface area contributed by atoms with Crippen molar-refractivity contribution in [2.75, 3.05) is 6.61 Å². The Hall–Kier alpha value is -4.01. The first-order valence-electron chi connectivity index (χ1n) is 11.8. The first-order valence-corrected chi connectivity index (χ1v) is 11.8. The summed E-state index contributed by atoms with van der Waals surface area (Å²) in [6.45, 7) is 5.06. The van der Waals surface area contributed by atoms with E-state index in [2.05, 4.69) is 15.0 Å². The van der Waals surface area contributed by atoms with Crippen molar-refractivity contribution in [3.05, 3.63) is 74.7 Å². The van der Waals surface area contributed by atoms with Crippen LogP contribution in [0.5, 0.6) is 5.75 Å². The number of nitrogens with zero attached hydrogens (tertiary/aromatic N) is 4. The van der Waals surface area contributed by atoms with E-state index in [1.165, 1.54) is 16.7 Å². The van der Waals surface area contributed by atoms with Crippen LogP contribution in [0.2, 0.25) is 0 Å². The average molecular weight is 476 g/mol. The Morgan fingerprint density at radius 3 is 2.51 bits per heavy atom. The van der Waals surface area contributed by atoms with Crippen LogP contribution in [0.15, 0.2) is 57.0 Å². The van der Waals surface area contributed by atoms with Gasteiger partial charge in [-0.1, -0.05) is 19.9 Å². The molecule has 0 spiro atoms. The highest BCUT2D eigenvalue weighted by atomic mass is 19.1. The molecule has 0 unspecified atom stereocenters. The lowest BCUT2D eigenvalue weighted by Gasteiger charge is -2.09. The van der Waals surface area contributed by atoms with E-state index in [0.717, 1.165) is 23.3 Å². The van der Waals surface area contributed by atoms with Crippen molar-refractivity contribution in [3.8, 4) is 17.1 Å². The van der Waals surface area contributed by atoms with Gasteiger partial charge in [0.05, 0.1) is 11.4 Å². The molecule has 0 amide bonds. The first kappa shape index (κ1) is 22.8. The van der Waals surface area contributed by atoms with Gasteiger partial charge in [0.1, 0.15) is 29.5 Å². The molecule has 9 heteroatoms. The Morgan fingerprint density at radius 1 is 1.03 bits per heavy atom. The van der Waals surface area contributed by atoms with E-state index in [1.807, 2.05) is 38.1 Å². The minimum Gasteiger partial charge on any atom is -0.488 e. The van der Waals surface area contributed by atoms with Crippen LogP contribution in [0.3, 0.4) is 0 Å². The average Bonchev–Trinajstić information content (AvgIpc) is 3.48. The van der Waals surface area contributed by atoms with Gasteiger partial charge in [-0.15, -0.1) is 0 Å². The highest BCUT2D eigenvalue weighted by molar-refractivity contribution is 5.95. The van der Waals surface area contributed by atoms with Gasteiger partial charge in [0.2, 0.25) is 0 Å². The molecule has 1 aliphatic heterocycles. The van der Waals surface area contributed by atoms with Gasteiger partial charge in [-0.3, -0.25) is 18.9 Å². The lowest BCUT2D eigenvalue weighted by molar-refractivity contribution is 0.375. The number of aliphatic imine (C=N–C) groups is 1. The molecule has 0 saturated carbocycles. The Labute approximate surface area is 200 Å². The van der Waals surface area contributed by atoms with Crippen LogP contribution in [-0.4, -0.2) is 31.4 Å². The van der Waals surface area contributed by atoms with Crippen LogP contribution in [0, 0.1) is 5.82 Å². The quantitative estimate of drug-likeness (QED) is 0.413. The normalized spacial score (nSPS) is 12.7. The van der Waals surface area contributed by atoms with Crippen LogP contribution in [0.1, 0.15) is 32.3 Å². The molecular formula is C26H26FN5O3. The lowest BCUT2D eigenvalue weighted by Crippen LogP contribution is -2.40. The minimum atomic E-state index is -0.351. The van der Waals surface area contributed by atoms with Gasteiger partial charge in [0, 0.05) is 25.1 Å². The lowest BCUT2D eigenvalue weighted by atomic mass is 10.1. The van der Waals surface area contributed by atoms with Crippen LogP contribution in [0.4, 0.5) is 10.1 Å². The van der Waals surface area contributed by atoms with Gasteiger partial charge in [0.15, 0.2) is 5.65 Å². The largest absolute Gasteiger partial charge is 0.488 e. The number of hydrogen-bond donors (Lipinski definition) is 1. The van der Waals surface area contributed by atoms with E-state index in [9.17, 15) is 14.0 Å². The number of aromatic amines is 1. The van der Waals surface area contributed by atoms with Gasteiger partial charge >= 0.3 is 5.69 Å². The maximum atomic E-state index is 13.4. The SMILES string of the molecule is CCCn1c(=O)c2[nH]c(-c3ccc(OCC4=Nc5cc(F)ccc5C4)cc3)nc2n(CCC)c1=O. The van der Waals surface area contributed by atoms with Gasteiger partial charge in [0.25, 0.3) is 5.56 Å². The molecule has 35 heavy (non-hydrogen) atoms. The Morgan fingerprint density at radius 2 is 1.77 bits per heavy atom. The summed E-state index contributed by atoms with van der Waals surface area (Å²) in [5.41, 5.74) is 3.28. The van der Waals surface area contributed by atoms with Crippen LogP contribution in [-0.2, 0) is 19.5 Å². The maximum absolute atomic E-state index is 13.4. The van der Waals surface area contributed by atoms with Crippen molar-refractivity contribution in [1.82, 2.24) is 19.1 Å². The van der Waals surface area contributed by atoms with E-state index in [0.29, 0.717) is 61.0 Å². The minimum absolute atomic E-state index is 0.299. The number of fused-ring (bicyclic) bond motifs is 2. The van der Waals surface area contributed by atoms with Crippen molar-refractivity contribution in [2.45, 2.75) is 46.2 Å². The van der Waals surface area contributed by atoms with E-state index < -0.39 is 0 Å². The molecule has 0 bridgehead atoms. The Bertz CT molecular complexity index is 1550. The van der Waals surface area contributed by atoms with Gasteiger partial charge in [-0.25, -0.2) is 14.2 Å². The van der Waals surface area contributed by atoms with Gasteiger partial charge < -0.3 is 9.72 Å². The molecular weight excluding hydrogens is 449 g/mol. The predicted molar refractivity (Wildman–Crippen MR) is 133 cm³/mol. The third kappa shape index (κ3) is 4.29. The zero-order chi connectivity index (χ0) is 24.5. The number of halogens is 1. The molecule has 180 valence electrons. The second-order valence-corrected chi connectivity index (χ2v) is 8.62. The molecule has 5 rings (SSSR count). The number of nitrogens with one attached hydrogen (secondary N) is 1. The molecule has 0 fully saturated rings. The van der Waals surface area contributed by atoms with Crippen LogP contribution < -0.4 is 16.0 Å². The number of aryl methyl sites for hydroxylation is 1. The van der Waals surface area contributed by atoms with Crippen molar-refractivity contribution >= 4 is 22.6 Å². The fourth-order valence-electron chi connectivity index (χ4n) is 4.33. The summed E-state index contributed by atoms with van der Waals surface area (Å²) >= 11 is 0. The van der Waals surface area contributed by atoms with Crippen molar-refractivity contribution in [1.29, 1.82) is 0 Å². The second-order valence-electron chi connectivity index (χ2n) is 8.62. The Kier molecular flexibility index (Phi) is 6.07. The third-order valence-corrected chi connectivity index (χ3v) is 6.01. The number of hydrogen-bond acceptors (Lipinski definition) is 5. The zero-order valence-electron chi connectivity index (χ0n) is 19.7. The summed E-state index contributed by atoms with van der Waals surface area (Å²) in [7, 11) is 0. The van der Waals surface area contributed by atoms with Crippen molar-refractivity contribution in [2.24, 2.45) is 4.99 Å². The summed E-state index contributed by atoms with van der Waals surface area (Å²) in [6.07, 6.45) is 2.07. The first-order chi connectivity index (χ1) is 17.0. The number of rotatable bonds is 8. The van der Waals surface area contributed by atoms with Gasteiger partial charge in [-0.2, -0.15) is 0 Å². The summed E-state index contributed by atoms with van der Waals surface area (Å²) in [4.78, 5) is 38.0. The van der Waals surface area contributed by atoms with Gasteiger partial charge in [-0.05, 0) is 54.8 Å². The standard InChI is InChI=1S/C26H26FN5O3/c1-3-11-31-24-22(25(33)32(12-4-2)26(31)34)29-23(30-24)16-6-9-20(10-7-16)35-15-19-13-17-5-8-18(27)14-21(17)28-19/h5-10,14H,3-4,11-13,15H2,1-2H3,(H,29,30). The van der Waals surface area contributed by atoms with E-state index in [4.69, 9.17) is 4.74 Å². The molecule has 1 N–H and O–H groups in total. The summed E-state index contributed by atoms with van der Waals surface area (Å²) in [6, 6.07) is 12.0. The molecule has 1 aliphatic rings. The molecule has 0 atom stereocenters. The van der Waals surface area contributed by atoms with E-state index in [-0.39, 0.29) is 17.1 Å². The molecule has 3 heterocycles. The van der Waals surface area contributed by atoms with Crippen LogP contribution >= 0.6 is 0 Å². The summed E-state index contributed by atoms with van der Waals surface area (Å²) in [5.74, 6) is 0.870. The molecule has 8 nitrogen and oxygen atoms in total. The molecule has 2 aromatic heterocycles. The van der Waals surface area contributed by atoms with Crippen LogP contribution in [0.25, 0.3) is 22.6 Å². The Balaban J connectivity index is 1.38. The fourth-order valence-corrected chi connectivity index (χ4v) is 4.33. The number of H-pyrrole nitrogens is 1. The molecule has 2 aromatic carbocycles. The maximum Gasteiger partial charge on any atom is 0.332 e. The third-order valence-electron chi connectivity index (χ3n) is 6.01. The number of aromatic nitrogens is 4. The van der Waals surface area contributed by atoms with E-state index in [1.54, 1.807) is 10.6 Å². The second kappa shape index (κ2) is 9.32. The number of ether oxygens (including phenoxy) is 1. The fraction of sp³-hybridized carbons (Fsp3) is 0.308. The monoisotopic (exact) mass is 475 g/mol. The smallest absolute Gasteiger partial charge is 0.332 e.